The first-order chi connectivity index (χ1) is 8.39. The van der Waals surface area contributed by atoms with Gasteiger partial charge in [0.05, 0.1) is 5.56 Å². The molecular weight excluding hydrogens is 247 g/mol. The van der Waals surface area contributed by atoms with Gasteiger partial charge in [-0.1, -0.05) is 0 Å². The van der Waals surface area contributed by atoms with E-state index in [1.165, 1.54) is 35.0 Å². The molecule has 2 aromatic rings. The molecule has 1 N–H and O–H groups in total. The molecule has 1 heterocycles. The number of hydrogen-bond donors (Lipinski definition) is 1. The van der Waals surface area contributed by atoms with E-state index in [1.807, 2.05) is 0 Å². The van der Waals surface area contributed by atoms with Crippen LogP contribution in [0.3, 0.4) is 0 Å². The zero-order chi connectivity index (χ0) is 13.3. The summed E-state index contributed by atoms with van der Waals surface area (Å²) in [7, 11) is 0. The standard InChI is InChI=1S/C12H8F3NO2/c13-12(14,15)8-3-5-9(6-4-8)16-7-1-2-10(16)11(17)18/h1-7H,(H,17,18). The van der Waals surface area contributed by atoms with Gasteiger partial charge in [-0.05, 0) is 36.4 Å². The highest BCUT2D eigenvalue weighted by Crippen LogP contribution is 2.29. The maximum Gasteiger partial charge on any atom is 0.416 e. The van der Waals surface area contributed by atoms with E-state index in [4.69, 9.17) is 5.11 Å². The van der Waals surface area contributed by atoms with Crippen molar-refractivity contribution in [2.45, 2.75) is 6.18 Å². The lowest BCUT2D eigenvalue weighted by molar-refractivity contribution is -0.137. The molecule has 1 aromatic carbocycles. The fraction of sp³-hybridized carbons (Fsp3) is 0.0833. The van der Waals surface area contributed by atoms with Crippen LogP contribution in [0.1, 0.15) is 16.1 Å². The SMILES string of the molecule is O=C(O)c1cccn1-c1ccc(C(F)(F)F)cc1. The second-order valence-corrected chi connectivity index (χ2v) is 3.61. The van der Waals surface area contributed by atoms with Crippen LogP contribution in [0, 0.1) is 0 Å². The Labute approximate surface area is 100 Å². The van der Waals surface area contributed by atoms with Crippen molar-refractivity contribution in [3.05, 3.63) is 53.9 Å². The molecule has 0 aliphatic rings. The molecule has 0 spiro atoms. The van der Waals surface area contributed by atoms with Gasteiger partial charge < -0.3 is 9.67 Å². The number of alkyl halides is 3. The summed E-state index contributed by atoms with van der Waals surface area (Å²) < 4.78 is 38.4. The van der Waals surface area contributed by atoms with Crippen molar-refractivity contribution in [2.75, 3.05) is 0 Å². The molecule has 94 valence electrons. The number of carboxylic acids is 1. The summed E-state index contributed by atoms with van der Waals surface area (Å²) in [5, 5.41) is 8.90. The van der Waals surface area contributed by atoms with Crippen LogP contribution in [0.5, 0.6) is 0 Å². The van der Waals surface area contributed by atoms with E-state index < -0.39 is 17.7 Å². The number of carboxylic acid groups (broad SMARTS) is 1. The van der Waals surface area contributed by atoms with E-state index in [0.717, 1.165) is 12.1 Å². The Morgan fingerprint density at radius 2 is 1.72 bits per heavy atom. The van der Waals surface area contributed by atoms with Gasteiger partial charge in [-0.25, -0.2) is 4.79 Å². The Morgan fingerprint density at radius 3 is 2.22 bits per heavy atom. The average molecular weight is 255 g/mol. The third-order valence-electron chi connectivity index (χ3n) is 2.44. The maximum atomic E-state index is 12.4. The van der Waals surface area contributed by atoms with Crippen molar-refractivity contribution in [1.29, 1.82) is 0 Å². The number of hydrogen-bond acceptors (Lipinski definition) is 1. The Kier molecular flexibility index (Phi) is 2.86. The van der Waals surface area contributed by atoms with Crippen molar-refractivity contribution in [2.24, 2.45) is 0 Å². The van der Waals surface area contributed by atoms with Crippen LogP contribution < -0.4 is 0 Å². The quantitative estimate of drug-likeness (QED) is 0.895. The van der Waals surface area contributed by atoms with Crippen molar-refractivity contribution in [3.63, 3.8) is 0 Å². The average Bonchev–Trinajstić information content (AvgIpc) is 2.77. The zero-order valence-electron chi connectivity index (χ0n) is 8.98. The fourth-order valence-electron chi connectivity index (χ4n) is 1.59. The minimum atomic E-state index is -4.40. The summed E-state index contributed by atoms with van der Waals surface area (Å²) >= 11 is 0. The number of carbonyl (C=O) groups is 1. The minimum absolute atomic E-state index is 0.00485. The van der Waals surface area contributed by atoms with Gasteiger partial charge in [0.1, 0.15) is 5.69 Å². The molecule has 2 rings (SSSR count). The summed E-state index contributed by atoms with van der Waals surface area (Å²) in [5.74, 6) is -1.14. The number of aromatic nitrogens is 1. The maximum absolute atomic E-state index is 12.4. The van der Waals surface area contributed by atoms with Gasteiger partial charge in [-0.2, -0.15) is 13.2 Å². The van der Waals surface area contributed by atoms with Gasteiger partial charge in [0.15, 0.2) is 0 Å². The van der Waals surface area contributed by atoms with Crippen LogP contribution in [0.15, 0.2) is 42.6 Å². The normalized spacial score (nSPS) is 11.5. The molecule has 1 aromatic heterocycles. The number of nitrogens with zero attached hydrogens (tertiary/aromatic N) is 1. The van der Waals surface area contributed by atoms with Crippen molar-refractivity contribution in [1.82, 2.24) is 4.57 Å². The summed E-state index contributed by atoms with van der Waals surface area (Å²) in [6, 6.07) is 7.19. The van der Waals surface area contributed by atoms with Gasteiger partial charge in [0, 0.05) is 11.9 Å². The van der Waals surface area contributed by atoms with E-state index in [9.17, 15) is 18.0 Å². The largest absolute Gasteiger partial charge is 0.477 e. The number of rotatable bonds is 2. The van der Waals surface area contributed by atoms with Crippen LogP contribution in [0.4, 0.5) is 13.2 Å². The molecule has 0 amide bonds. The molecule has 0 bridgehead atoms. The first-order valence-electron chi connectivity index (χ1n) is 4.98. The smallest absolute Gasteiger partial charge is 0.416 e. The van der Waals surface area contributed by atoms with E-state index in [-0.39, 0.29) is 5.69 Å². The van der Waals surface area contributed by atoms with Crippen LogP contribution in [-0.4, -0.2) is 15.6 Å². The monoisotopic (exact) mass is 255 g/mol. The number of aromatic carboxylic acids is 1. The predicted molar refractivity (Wildman–Crippen MR) is 57.7 cm³/mol. The third-order valence-corrected chi connectivity index (χ3v) is 2.44. The van der Waals surface area contributed by atoms with Crippen LogP contribution >= 0.6 is 0 Å². The van der Waals surface area contributed by atoms with E-state index in [2.05, 4.69) is 0 Å². The van der Waals surface area contributed by atoms with Gasteiger partial charge in [0.25, 0.3) is 0 Å². The Bertz CT molecular complexity index is 570. The molecule has 0 unspecified atom stereocenters. The molecule has 0 aliphatic carbocycles. The number of benzene rings is 1. The third kappa shape index (κ3) is 2.22. The highest BCUT2D eigenvalue weighted by atomic mass is 19.4. The molecule has 0 atom stereocenters. The Morgan fingerprint density at radius 1 is 1.11 bits per heavy atom. The Hall–Kier alpha value is -2.24. The molecule has 0 saturated carbocycles. The predicted octanol–water partition coefficient (Wildman–Crippen LogP) is 3.19. The lowest BCUT2D eigenvalue weighted by Crippen LogP contribution is -2.07. The molecule has 3 nitrogen and oxygen atoms in total. The molecular formula is C12H8F3NO2. The molecule has 0 saturated heterocycles. The zero-order valence-corrected chi connectivity index (χ0v) is 8.98. The van der Waals surface area contributed by atoms with Crippen LogP contribution in [-0.2, 0) is 6.18 Å². The van der Waals surface area contributed by atoms with Crippen molar-refractivity contribution >= 4 is 5.97 Å². The molecule has 0 fully saturated rings. The van der Waals surface area contributed by atoms with E-state index in [1.54, 1.807) is 0 Å². The molecule has 0 radical (unpaired) electrons. The highest BCUT2D eigenvalue weighted by molar-refractivity contribution is 5.86. The molecule has 0 aliphatic heterocycles. The fourth-order valence-corrected chi connectivity index (χ4v) is 1.59. The van der Waals surface area contributed by atoms with Crippen LogP contribution in [0.2, 0.25) is 0 Å². The van der Waals surface area contributed by atoms with E-state index in [0.29, 0.717) is 5.69 Å². The van der Waals surface area contributed by atoms with Gasteiger partial charge in [-0.3, -0.25) is 0 Å². The summed E-state index contributed by atoms with van der Waals surface area (Å²) in [6.45, 7) is 0. The van der Waals surface area contributed by atoms with Gasteiger partial charge >= 0.3 is 12.1 Å². The molecule has 18 heavy (non-hydrogen) atoms. The first-order valence-corrected chi connectivity index (χ1v) is 4.98. The number of halogens is 3. The second-order valence-electron chi connectivity index (χ2n) is 3.61. The van der Waals surface area contributed by atoms with Gasteiger partial charge in [-0.15, -0.1) is 0 Å². The molecule has 6 heteroatoms. The van der Waals surface area contributed by atoms with E-state index >= 15 is 0 Å². The lowest BCUT2D eigenvalue weighted by Gasteiger charge is -2.09. The van der Waals surface area contributed by atoms with Crippen molar-refractivity contribution < 1.29 is 23.1 Å². The van der Waals surface area contributed by atoms with Crippen LogP contribution in [0.25, 0.3) is 5.69 Å². The topological polar surface area (TPSA) is 42.2 Å². The summed E-state index contributed by atoms with van der Waals surface area (Å²) in [5.41, 5.74) is -0.407. The second kappa shape index (κ2) is 4.21. The summed E-state index contributed by atoms with van der Waals surface area (Å²) in [6.07, 6.45) is -2.92. The first kappa shape index (κ1) is 12.2. The lowest BCUT2D eigenvalue weighted by atomic mass is 10.2. The highest BCUT2D eigenvalue weighted by Gasteiger charge is 2.30. The van der Waals surface area contributed by atoms with Crippen molar-refractivity contribution in [3.8, 4) is 5.69 Å². The summed E-state index contributed by atoms with van der Waals surface area (Å²) in [4.78, 5) is 10.9. The minimum Gasteiger partial charge on any atom is -0.477 e. The Balaban J connectivity index is 2.41. The van der Waals surface area contributed by atoms with Gasteiger partial charge in [0.2, 0.25) is 0 Å².